The molecule has 30 heavy (non-hydrogen) atoms. The van der Waals surface area contributed by atoms with E-state index in [0.717, 1.165) is 11.3 Å². The zero-order valence-corrected chi connectivity index (χ0v) is 18.5. The van der Waals surface area contributed by atoms with Crippen molar-refractivity contribution in [1.82, 2.24) is 15.5 Å². The van der Waals surface area contributed by atoms with Crippen LogP contribution in [-0.2, 0) is 11.2 Å². The number of amides is 1. The minimum absolute atomic E-state index is 0.101. The van der Waals surface area contributed by atoms with Crippen LogP contribution in [0.4, 0.5) is 0 Å². The maximum atomic E-state index is 12.6. The monoisotopic (exact) mass is 425 g/mol. The highest BCUT2D eigenvalue weighted by molar-refractivity contribution is 8.00. The first kappa shape index (κ1) is 21.9. The number of nitrogens with zero attached hydrogens (tertiary/aromatic N) is 2. The van der Waals surface area contributed by atoms with Crippen LogP contribution in [0, 0.1) is 0 Å². The first-order chi connectivity index (χ1) is 14.5. The van der Waals surface area contributed by atoms with Crippen LogP contribution in [0.15, 0.2) is 64.2 Å². The molecule has 1 amide bonds. The van der Waals surface area contributed by atoms with Crippen LogP contribution >= 0.6 is 11.8 Å². The second-order valence-corrected chi connectivity index (χ2v) is 8.50. The van der Waals surface area contributed by atoms with Crippen molar-refractivity contribution in [3.05, 3.63) is 71.6 Å². The van der Waals surface area contributed by atoms with E-state index in [4.69, 9.17) is 9.15 Å². The molecule has 7 heteroatoms. The predicted molar refractivity (Wildman–Crippen MR) is 118 cm³/mol. The van der Waals surface area contributed by atoms with Gasteiger partial charge in [0.2, 0.25) is 11.8 Å². The largest absolute Gasteiger partial charge is 0.496 e. The van der Waals surface area contributed by atoms with Gasteiger partial charge < -0.3 is 14.5 Å². The number of benzene rings is 2. The summed E-state index contributed by atoms with van der Waals surface area (Å²) in [6.07, 6.45) is 0.656. The Balaban J connectivity index is 1.55. The van der Waals surface area contributed by atoms with Gasteiger partial charge in [-0.1, -0.05) is 67.2 Å². The van der Waals surface area contributed by atoms with E-state index in [-0.39, 0.29) is 23.1 Å². The van der Waals surface area contributed by atoms with Gasteiger partial charge in [-0.2, -0.15) is 0 Å². The van der Waals surface area contributed by atoms with Crippen LogP contribution in [0.1, 0.15) is 49.7 Å². The lowest BCUT2D eigenvalue weighted by atomic mass is 9.98. The molecule has 0 saturated carbocycles. The van der Waals surface area contributed by atoms with Crippen molar-refractivity contribution in [3.63, 3.8) is 0 Å². The molecule has 0 aliphatic rings. The average Bonchev–Trinajstić information content (AvgIpc) is 3.20. The summed E-state index contributed by atoms with van der Waals surface area (Å²) in [6, 6.07) is 17.7. The summed E-state index contributed by atoms with van der Waals surface area (Å²) >= 11 is 1.26. The van der Waals surface area contributed by atoms with Crippen LogP contribution in [0.3, 0.4) is 0 Å². The van der Waals surface area contributed by atoms with Gasteiger partial charge in [0.1, 0.15) is 5.75 Å². The van der Waals surface area contributed by atoms with Crippen molar-refractivity contribution in [1.29, 1.82) is 0 Å². The number of ether oxygens (including phenoxy) is 1. The van der Waals surface area contributed by atoms with Crippen LogP contribution in [0.2, 0.25) is 0 Å². The Morgan fingerprint density at radius 3 is 2.50 bits per heavy atom. The molecule has 0 fully saturated rings. The fourth-order valence-corrected chi connectivity index (χ4v) is 3.88. The zero-order valence-electron chi connectivity index (χ0n) is 17.7. The third kappa shape index (κ3) is 5.63. The molecule has 3 unspecified atom stereocenters. The van der Waals surface area contributed by atoms with Crippen LogP contribution in [0.5, 0.6) is 5.75 Å². The number of hydrogen-bond donors (Lipinski definition) is 1. The Labute approximate surface area is 181 Å². The summed E-state index contributed by atoms with van der Waals surface area (Å²) in [5.41, 5.74) is 2.16. The van der Waals surface area contributed by atoms with Crippen molar-refractivity contribution in [2.75, 3.05) is 7.11 Å². The molecule has 3 aromatic rings. The quantitative estimate of drug-likeness (QED) is 0.497. The maximum absolute atomic E-state index is 12.6. The van der Waals surface area contributed by atoms with Crippen molar-refractivity contribution in [2.45, 2.75) is 49.6 Å². The van der Waals surface area contributed by atoms with Gasteiger partial charge in [-0.3, -0.25) is 4.79 Å². The maximum Gasteiger partial charge on any atom is 0.277 e. The molecule has 0 spiro atoms. The molecular weight excluding hydrogens is 398 g/mol. The van der Waals surface area contributed by atoms with E-state index in [9.17, 15) is 4.79 Å². The normalized spacial score (nSPS) is 14.0. The molecule has 158 valence electrons. The van der Waals surface area contributed by atoms with E-state index in [0.29, 0.717) is 17.5 Å². The molecule has 3 rings (SSSR count). The van der Waals surface area contributed by atoms with Crippen molar-refractivity contribution in [2.24, 2.45) is 0 Å². The molecule has 6 nitrogen and oxygen atoms in total. The summed E-state index contributed by atoms with van der Waals surface area (Å²) in [5, 5.41) is 11.3. The Kier molecular flexibility index (Phi) is 7.52. The van der Waals surface area contributed by atoms with E-state index in [1.54, 1.807) is 7.11 Å². The first-order valence-corrected chi connectivity index (χ1v) is 10.8. The third-order valence-electron chi connectivity index (χ3n) is 4.91. The Hall–Kier alpha value is -2.80. The van der Waals surface area contributed by atoms with Gasteiger partial charge in [0.05, 0.1) is 18.4 Å². The highest BCUT2D eigenvalue weighted by Crippen LogP contribution is 2.27. The Bertz CT molecular complexity index is 961. The number of hydrogen-bond acceptors (Lipinski definition) is 6. The van der Waals surface area contributed by atoms with E-state index in [1.807, 2.05) is 56.3 Å². The Morgan fingerprint density at radius 1 is 1.07 bits per heavy atom. The number of methoxy groups -OCH3 is 1. The lowest BCUT2D eigenvalue weighted by Crippen LogP contribution is -2.33. The highest BCUT2D eigenvalue weighted by Gasteiger charge is 2.22. The number of aromatic nitrogens is 2. The minimum Gasteiger partial charge on any atom is -0.496 e. The van der Waals surface area contributed by atoms with Gasteiger partial charge in [0.25, 0.3) is 5.22 Å². The van der Waals surface area contributed by atoms with Crippen molar-refractivity contribution < 1.29 is 13.9 Å². The summed E-state index contributed by atoms with van der Waals surface area (Å²) in [6.45, 7) is 5.88. The molecule has 0 bridgehead atoms. The molecule has 0 aliphatic carbocycles. The number of carbonyl (C=O) groups is 1. The fourth-order valence-electron chi connectivity index (χ4n) is 3.17. The van der Waals surface area contributed by atoms with Gasteiger partial charge >= 0.3 is 0 Å². The van der Waals surface area contributed by atoms with Gasteiger partial charge in [-0.25, -0.2) is 0 Å². The zero-order chi connectivity index (χ0) is 21.5. The predicted octanol–water partition coefficient (Wildman–Crippen LogP) is 4.78. The number of thioether (sulfide) groups is 1. The number of carbonyl (C=O) groups excluding carboxylic acids is 1. The van der Waals surface area contributed by atoms with Crippen LogP contribution < -0.4 is 10.1 Å². The highest BCUT2D eigenvalue weighted by atomic mass is 32.2. The second kappa shape index (κ2) is 10.3. The number of para-hydroxylation sites is 1. The molecule has 2 aromatic carbocycles. The summed E-state index contributed by atoms with van der Waals surface area (Å²) in [4.78, 5) is 12.6. The second-order valence-electron chi connectivity index (χ2n) is 7.21. The average molecular weight is 426 g/mol. The SMILES string of the molecule is COc1ccccc1C(C)NC(=O)C(C)Sc1nnc(CC(C)c2ccccc2)o1. The van der Waals surface area contributed by atoms with Gasteiger partial charge in [-0.05, 0) is 31.4 Å². The summed E-state index contributed by atoms with van der Waals surface area (Å²) in [5.74, 6) is 1.49. The molecule has 1 aromatic heterocycles. The van der Waals surface area contributed by atoms with E-state index in [2.05, 4.69) is 34.6 Å². The lowest BCUT2D eigenvalue weighted by molar-refractivity contribution is -0.120. The molecule has 0 radical (unpaired) electrons. The van der Waals surface area contributed by atoms with E-state index >= 15 is 0 Å². The van der Waals surface area contributed by atoms with Crippen molar-refractivity contribution >= 4 is 17.7 Å². The van der Waals surface area contributed by atoms with Crippen LogP contribution in [0.25, 0.3) is 0 Å². The molecular formula is C23H27N3O3S. The molecule has 1 heterocycles. The van der Waals surface area contributed by atoms with Gasteiger partial charge in [0, 0.05) is 12.0 Å². The molecule has 1 N–H and O–H groups in total. The van der Waals surface area contributed by atoms with Gasteiger partial charge in [-0.15, -0.1) is 10.2 Å². The fraction of sp³-hybridized carbons (Fsp3) is 0.348. The standard InChI is InChI=1S/C23H27N3O3S/c1-15(18-10-6-5-7-11-18)14-21-25-26-23(29-21)30-17(3)22(27)24-16(2)19-12-8-9-13-20(19)28-4/h5-13,15-17H,14H2,1-4H3,(H,24,27). The molecule has 3 atom stereocenters. The minimum atomic E-state index is -0.373. The van der Waals surface area contributed by atoms with Gasteiger partial charge in [0.15, 0.2) is 0 Å². The number of rotatable bonds is 9. The number of nitrogens with one attached hydrogen (secondary N) is 1. The van der Waals surface area contributed by atoms with E-state index in [1.165, 1.54) is 17.3 Å². The summed E-state index contributed by atoms with van der Waals surface area (Å²) in [7, 11) is 1.62. The lowest BCUT2D eigenvalue weighted by Gasteiger charge is -2.19. The van der Waals surface area contributed by atoms with E-state index < -0.39 is 0 Å². The smallest absolute Gasteiger partial charge is 0.277 e. The molecule has 0 saturated heterocycles. The Morgan fingerprint density at radius 2 is 1.77 bits per heavy atom. The van der Waals surface area contributed by atoms with Crippen molar-refractivity contribution in [3.8, 4) is 5.75 Å². The summed E-state index contributed by atoms with van der Waals surface area (Å²) < 4.78 is 11.1. The topological polar surface area (TPSA) is 77.2 Å². The van der Waals surface area contributed by atoms with Crippen LogP contribution in [-0.4, -0.2) is 28.5 Å². The third-order valence-corrected chi connectivity index (χ3v) is 5.84. The molecule has 0 aliphatic heterocycles. The first-order valence-electron chi connectivity index (χ1n) is 9.95.